The fraction of sp³-hybridized carbons (Fsp3) is 0.125. The molecule has 0 aliphatic carbocycles. The van der Waals surface area contributed by atoms with Crippen molar-refractivity contribution in [3.05, 3.63) is 69.3 Å². The number of rotatable bonds is 4. The van der Waals surface area contributed by atoms with E-state index in [1.807, 2.05) is 0 Å². The first-order valence-corrected chi connectivity index (χ1v) is 6.58. The molecule has 0 spiro atoms. The molecule has 23 heavy (non-hydrogen) atoms. The van der Waals surface area contributed by atoms with Crippen LogP contribution in [0, 0.1) is 17.0 Å². The molecule has 0 amide bonds. The summed E-state index contributed by atoms with van der Waals surface area (Å²) in [6.45, 7) is 1.53. The normalized spacial score (nSPS) is 10.0. The zero-order valence-electron chi connectivity index (χ0n) is 12.4. The van der Waals surface area contributed by atoms with Crippen LogP contribution in [0.3, 0.4) is 0 Å². The van der Waals surface area contributed by atoms with E-state index in [9.17, 15) is 19.7 Å². The van der Waals surface area contributed by atoms with E-state index in [0.717, 1.165) is 0 Å². The van der Waals surface area contributed by atoms with Crippen LogP contribution in [-0.4, -0.2) is 24.0 Å². The van der Waals surface area contributed by atoms with Crippen molar-refractivity contribution in [2.45, 2.75) is 6.92 Å². The van der Waals surface area contributed by atoms with Crippen LogP contribution in [0.2, 0.25) is 0 Å². The number of methoxy groups -OCH3 is 1. The summed E-state index contributed by atoms with van der Waals surface area (Å²) in [5.41, 5.74) is 0.705. The van der Waals surface area contributed by atoms with E-state index < -0.39 is 16.9 Å². The Morgan fingerprint density at radius 2 is 1.74 bits per heavy atom. The van der Waals surface area contributed by atoms with Crippen molar-refractivity contribution in [1.82, 2.24) is 0 Å². The zero-order chi connectivity index (χ0) is 17.0. The van der Waals surface area contributed by atoms with Crippen molar-refractivity contribution in [3.63, 3.8) is 0 Å². The predicted molar refractivity (Wildman–Crippen MR) is 80.6 cm³/mol. The Kier molecular flexibility index (Phi) is 4.70. The molecule has 0 N–H and O–H groups in total. The number of hydrogen-bond acceptors (Lipinski definition) is 6. The monoisotopic (exact) mass is 315 g/mol. The maximum absolute atomic E-state index is 12.1. The van der Waals surface area contributed by atoms with Crippen molar-refractivity contribution >= 4 is 17.6 Å². The molecule has 0 saturated heterocycles. The number of hydrogen-bond donors (Lipinski definition) is 0. The van der Waals surface area contributed by atoms with Crippen molar-refractivity contribution in [2.24, 2.45) is 0 Å². The highest BCUT2D eigenvalue weighted by atomic mass is 16.6. The summed E-state index contributed by atoms with van der Waals surface area (Å²) in [6.07, 6.45) is 0. The van der Waals surface area contributed by atoms with E-state index in [2.05, 4.69) is 4.74 Å². The summed E-state index contributed by atoms with van der Waals surface area (Å²) in [6, 6.07) is 9.92. The van der Waals surface area contributed by atoms with Gasteiger partial charge in [0.15, 0.2) is 0 Å². The lowest BCUT2D eigenvalue weighted by Crippen LogP contribution is -2.10. The van der Waals surface area contributed by atoms with E-state index in [1.54, 1.807) is 6.07 Å². The first-order valence-electron chi connectivity index (χ1n) is 6.58. The molecule has 0 bridgehead atoms. The number of nitrogens with zero attached hydrogens (tertiary/aromatic N) is 1. The standard InChI is InChI=1S/C16H13NO6/c1-10-8-12(6-7-14(10)17(20)21)16(19)23-13-5-3-4-11(9-13)15(18)22-2/h3-9H,1-2H3. The molecule has 0 aliphatic rings. The van der Waals surface area contributed by atoms with Crippen LogP contribution >= 0.6 is 0 Å². The van der Waals surface area contributed by atoms with Gasteiger partial charge < -0.3 is 9.47 Å². The van der Waals surface area contributed by atoms with Gasteiger partial charge in [-0.15, -0.1) is 0 Å². The van der Waals surface area contributed by atoms with Gasteiger partial charge in [-0.1, -0.05) is 6.07 Å². The van der Waals surface area contributed by atoms with Crippen LogP contribution in [0.4, 0.5) is 5.69 Å². The van der Waals surface area contributed by atoms with Gasteiger partial charge in [0, 0.05) is 11.6 Å². The van der Waals surface area contributed by atoms with Gasteiger partial charge in [-0.2, -0.15) is 0 Å². The number of nitro benzene ring substituents is 1. The molecule has 0 radical (unpaired) electrons. The third kappa shape index (κ3) is 3.70. The number of carbonyl (C=O) groups excluding carboxylic acids is 2. The fourth-order valence-corrected chi connectivity index (χ4v) is 1.96. The maximum atomic E-state index is 12.1. The Morgan fingerprint density at radius 3 is 2.35 bits per heavy atom. The minimum absolute atomic E-state index is 0.0748. The lowest BCUT2D eigenvalue weighted by molar-refractivity contribution is -0.385. The second kappa shape index (κ2) is 6.69. The SMILES string of the molecule is COC(=O)c1cccc(OC(=O)c2ccc([N+](=O)[O-])c(C)c2)c1. The van der Waals surface area contributed by atoms with Gasteiger partial charge in [0.25, 0.3) is 5.69 Å². The lowest BCUT2D eigenvalue weighted by Gasteiger charge is -2.06. The zero-order valence-corrected chi connectivity index (χ0v) is 12.4. The Labute approximate surface area is 131 Å². The van der Waals surface area contributed by atoms with Crippen LogP contribution in [-0.2, 0) is 4.74 Å². The minimum atomic E-state index is -0.676. The second-order valence-corrected chi connectivity index (χ2v) is 4.67. The molecule has 7 nitrogen and oxygen atoms in total. The largest absolute Gasteiger partial charge is 0.465 e. The number of aryl methyl sites for hydroxylation is 1. The third-order valence-electron chi connectivity index (χ3n) is 3.09. The van der Waals surface area contributed by atoms with Crippen molar-refractivity contribution in [2.75, 3.05) is 7.11 Å². The highest BCUT2D eigenvalue weighted by Gasteiger charge is 2.16. The van der Waals surface area contributed by atoms with E-state index in [1.165, 1.54) is 50.4 Å². The summed E-state index contributed by atoms with van der Waals surface area (Å²) >= 11 is 0. The molecule has 0 saturated carbocycles. The maximum Gasteiger partial charge on any atom is 0.343 e. The van der Waals surface area contributed by atoms with Gasteiger partial charge in [-0.05, 0) is 37.3 Å². The van der Waals surface area contributed by atoms with E-state index in [0.29, 0.717) is 5.56 Å². The molecule has 2 aromatic rings. The number of carbonyl (C=O) groups is 2. The van der Waals surface area contributed by atoms with Gasteiger partial charge >= 0.3 is 11.9 Å². The fourth-order valence-electron chi connectivity index (χ4n) is 1.96. The van der Waals surface area contributed by atoms with Crippen LogP contribution in [0.1, 0.15) is 26.3 Å². The van der Waals surface area contributed by atoms with Gasteiger partial charge in [0.2, 0.25) is 0 Å². The Morgan fingerprint density at radius 1 is 1.04 bits per heavy atom. The van der Waals surface area contributed by atoms with Gasteiger partial charge in [0.1, 0.15) is 5.75 Å². The Balaban J connectivity index is 2.21. The van der Waals surface area contributed by atoms with Crippen LogP contribution in [0.5, 0.6) is 5.75 Å². The Bertz CT molecular complexity index is 784. The Hall–Kier alpha value is -3.22. The molecule has 0 fully saturated rings. The van der Waals surface area contributed by atoms with Crippen LogP contribution in [0.25, 0.3) is 0 Å². The van der Waals surface area contributed by atoms with E-state index in [4.69, 9.17) is 4.74 Å². The van der Waals surface area contributed by atoms with Gasteiger partial charge in [-0.3, -0.25) is 10.1 Å². The molecule has 118 valence electrons. The average Bonchev–Trinajstić information content (AvgIpc) is 2.53. The average molecular weight is 315 g/mol. The molecular weight excluding hydrogens is 302 g/mol. The summed E-state index contributed by atoms with van der Waals surface area (Å²) in [7, 11) is 1.25. The number of nitro groups is 1. The molecule has 0 heterocycles. The number of benzene rings is 2. The van der Waals surface area contributed by atoms with Crippen LogP contribution in [0.15, 0.2) is 42.5 Å². The van der Waals surface area contributed by atoms with Crippen molar-refractivity contribution in [1.29, 1.82) is 0 Å². The number of ether oxygens (including phenoxy) is 2. The molecule has 0 atom stereocenters. The molecule has 0 aliphatic heterocycles. The lowest BCUT2D eigenvalue weighted by atomic mass is 10.1. The molecular formula is C16H13NO6. The first-order chi connectivity index (χ1) is 10.9. The van der Waals surface area contributed by atoms with E-state index in [-0.39, 0.29) is 22.6 Å². The highest BCUT2D eigenvalue weighted by molar-refractivity contribution is 5.93. The molecule has 2 rings (SSSR count). The topological polar surface area (TPSA) is 95.7 Å². The molecule has 7 heteroatoms. The summed E-state index contributed by atoms with van der Waals surface area (Å²) < 4.78 is 9.76. The second-order valence-electron chi connectivity index (χ2n) is 4.67. The predicted octanol–water partition coefficient (Wildman–Crippen LogP) is 2.91. The minimum Gasteiger partial charge on any atom is -0.465 e. The summed E-state index contributed by atoms with van der Waals surface area (Å²) in [5.74, 6) is -1.05. The van der Waals surface area contributed by atoms with Crippen molar-refractivity contribution in [3.8, 4) is 5.75 Å². The van der Waals surface area contributed by atoms with Gasteiger partial charge in [-0.25, -0.2) is 9.59 Å². The van der Waals surface area contributed by atoms with E-state index >= 15 is 0 Å². The smallest absolute Gasteiger partial charge is 0.343 e. The summed E-state index contributed by atoms with van der Waals surface area (Å²) in [5, 5.41) is 10.8. The molecule has 2 aromatic carbocycles. The third-order valence-corrected chi connectivity index (χ3v) is 3.09. The van der Waals surface area contributed by atoms with Crippen molar-refractivity contribution < 1.29 is 24.0 Å². The molecule has 0 aromatic heterocycles. The summed E-state index contributed by atoms with van der Waals surface area (Å²) in [4.78, 5) is 33.8. The molecule has 0 unspecified atom stereocenters. The van der Waals surface area contributed by atoms with Crippen LogP contribution < -0.4 is 4.74 Å². The quantitative estimate of drug-likeness (QED) is 0.372. The first kappa shape index (κ1) is 16.2. The highest BCUT2D eigenvalue weighted by Crippen LogP contribution is 2.21. The van der Waals surface area contributed by atoms with Gasteiger partial charge in [0.05, 0.1) is 23.2 Å². The number of esters is 2.